The zero-order valence-corrected chi connectivity index (χ0v) is 15.6. The third-order valence-corrected chi connectivity index (χ3v) is 6.16. The predicted molar refractivity (Wildman–Crippen MR) is 97.5 cm³/mol. The number of fused-ring (bicyclic) bond motifs is 1. The SMILES string of the molecule is CC1CC(NC(=O)C2CC3CCCCC3N2)CN1C1CC1.Cl.Cl. The highest BCUT2D eigenvalue weighted by molar-refractivity contribution is 5.85. The molecule has 5 unspecified atom stereocenters. The van der Waals surface area contributed by atoms with E-state index >= 15 is 0 Å². The first-order valence-corrected chi connectivity index (χ1v) is 9.03. The standard InChI is InChI=1S/C17H29N3O.2ClH/c1-11-8-13(10-20(11)14-6-7-14)18-17(21)16-9-12-4-2-3-5-15(12)19-16;;/h11-16,19H,2-10H2,1H3,(H,18,21);2*1H. The van der Waals surface area contributed by atoms with Crippen LogP contribution in [0.3, 0.4) is 0 Å². The molecule has 0 spiro atoms. The number of carbonyl (C=O) groups excluding carboxylic acids is 1. The number of nitrogens with zero attached hydrogens (tertiary/aromatic N) is 1. The van der Waals surface area contributed by atoms with Crippen molar-refractivity contribution in [3.8, 4) is 0 Å². The molecule has 134 valence electrons. The van der Waals surface area contributed by atoms with Crippen LogP contribution in [0.4, 0.5) is 0 Å². The van der Waals surface area contributed by atoms with E-state index in [1.807, 2.05) is 0 Å². The molecule has 0 radical (unpaired) electrons. The minimum absolute atomic E-state index is 0. The fourth-order valence-corrected chi connectivity index (χ4v) is 4.90. The lowest BCUT2D eigenvalue weighted by Crippen LogP contribution is -2.47. The fourth-order valence-electron chi connectivity index (χ4n) is 4.90. The second-order valence-electron chi connectivity index (χ2n) is 7.82. The molecule has 5 atom stereocenters. The van der Waals surface area contributed by atoms with Crippen LogP contribution in [-0.2, 0) is 4.79 Å². The van der Waals surface area contributed by atoms with Crippen LogP contribution in [0.1, 0.15) is 58.3 Å². The molecule has 2 aliphatic carbocycles. The predicted octanol–water partition coefficient (Wildman–Crippen LogP) is 2.49. The van der Waals surface area contributed by atoms with Crippen molar-refractivity contribution in [1.29, 1.82) is 0 Å². The summed E-state index contributed by atoms with van der Waals surface area (Å²) in [6.45, 7) is 3.38. The Kier molecular flexibility index (Phi) is 6.63. The van der Waals surface area contributed by atoms with Gasteiger partial charge in [0, 0.05) is 30.7 Å². The summed E-state index contributed by atoms with van der Waals surface area (Å²) in [6, 6.07) is 2.51. The third kappa shape index (κ3) is 4.15. The largest absolute Gasteiger partial charge is 0.351 e. The Morgan fingerprint density at radius 1 is 1.09 bits per heavy atom. The molecule has 4 fully saturated rings. The van der Waals surface area contributed by atoms with Gasteiger partial charge < -0.3 is 10.6 Å². The van der Waals surface area contributed by atoms with Crippen molar-refractivity contribution in [1.82, 2.24) is 15.5 Å². The number of amides is 1. The van der Waals surface area contributed by atoms with Crippen LogP contribution in [0, 0.1) is 5.92 Å². The van der Waals surface area contributed by atoms with Crippen LogP contribution in [0.15, 0.2) is 0 Å². The van der Waals surface area contributed by atoms with E-state index in [9.17, 15) is 4.79 Å². The molecule has 6 heteroatoms. The van der Waals surface area contributed by atoms with E-state index in [4.69, 9.17) is 0 Å². The summed E-state index contributed by atoms with van der Waals surface area (Å²) in [7, 11) is 0. The zero-order chi connectivity index (χ0) is 14.4. The lowest BCUT2D eigenvalue weighted by molar-refractivity contribution is -0.123. The van der Waals surface area contributed by atoms with E-state index in [0.29, 0.717) is 18.1 Å². The molecule has 0 aromatic carbocycles. The highest BCUT2D eigenvalue weighted by Gasteiger charge is 2.42. The molecule has 4 nitrogen and oxygen atoms in total. The maximum atomic E-state index is 12.6. The van der Waals surface area contributed by atoms with Gasteiger partial charge in [-0.3, -0.25) is 9.69 Å². The summed E-state index contributed by atoms with van der Waals surface area (Å²) in [5.41, 5.74) is 0. The van der Waals surface area contributed by atoms with E-state index in [0.717, 1.165) is 31.3 Å². The molecule has 2 saturated carbocycles. The summed E-state index contributed by atoms with van der Waals surface area (Å²) in [6.07, 6.45) is 10.2. The molecule has 2 N–H and O–H groups in total. The third-order valence-electron chi connectivity index (χ3n) is 6.16. The smallest absolute Gasteiger partial charge is 0.237 e. The van der Waals surface area contributed by atoms with Gasteiger partial charge in [-0.25, -0.2) is 0 Å². The molecular weight excluding hydrogens is 333 g/mol. The minimum Gasteiger partial charge on any atom is -0.351 e. The Bertz CT molecular complexity index is 405. The van der Waals surface area contributed by atoms with E-state index in [2.05, 4.69) is 22.5 Å². The molecule has 2 aliphatic heterocycles. The Hall–Kier alpha value is -0.0300. The number of carbonyl (C=O) groups is 1. The number of halogens is 2. The van der Waals surface area contributed by atoms with Gasteiger partial charge in [0.05, 0.1) is 6.04 Å². The van der Waals surface area contributed by atoms with E-state index in [1.54, 1.807) is 0 Å². The highest BCUT2D eigenvalue weighted by Crippen LogP contribution is 2.35. The van der Waals surface area contributed by atoms with Crippen molar-refractivity contribution >= 4 is 30.7 Å². The van der Waals surface area contributed by atoms with Crippen LogP contribution < -0.4 is 10.6 Å². The maximum absolute atomic E-state index is 12.6. The molecule has 0 aromatic heterocycles. The van der Waals surface area contributed by atoms with Crippen molar-refractivity contribution in [2.45, 2.75) is 88.5 Å². The first-order valence-electron chi connectivity index (χ1n) is 9.03. The Morgan fingerprint density at radius 3 is 2.52 bits per heavy atom. The summed E-state index contributed by atoms with van der Waals surface area (Å²) < 4.78 is 0. The van der Waals surface area contributed by atoms with Crippen LogP contribution >= 0.6 is 24.8 Å². The quantitative estimate of drug-likeness (QED) is 0.809. The van der Waals surface area contributed by atoms with Crippen molar-refractivity contribution in [3.63, 3.8) is 0 Å². The van der Waals surface area contributed by atoms with Gasteiger partial charge in [-0.1, -0.05) is 12.8 Å². The first kappa shape index (κ1) is 19.3. The van der Waals surface area contributed by atoms with Crippen molar-refractivity contribution < 1.29 is 4.79 Å². The van der Waals surface area contributed by atoms with Gasteiger partial charge in [-0.15, -0.1) is 24.8 Å². The second-order valence-corrected chi connectivity index (χ2v) is 7.82. The van der Waals surface area contributed by atoms with Gasteiger partial charge in [-0.2, -0.15) is 0 Å². The average Bonchev–Trinajstić information content (AvgIpc) is 3.11. The highest BCUT2D eigenvalue weighted by atomic mass is 35.5. The van der Waals surface area contributed by atoms with Crippen LogP contribution in [0.2, 0.25) is 0 Å². The lowest BCUT2D eigenvalue weighted by atomic mass is 9.85. The van der Waals surface area contributed by atoms with Gasteiger partial charge in [-0.05, 0) is 51.4 Å². The van der Waals surface area contributed by atoms with Gasteiger partial charge >= 0.3 is 0 Å². The number of rotatable bonds is 3. The average molecular weight is 364 g/mol. The maximum Gasteiger partial charge on any atom is 0.237 e. The summed E-state index contributed by atoms with van der Waals surface area (Å²) in [5, 5.41) is 6.93. The summed E-state index contributed by atoms with van der Waals surface area (Å²) in [5.74, 6) is 1.01. The molecule has 0 aromatic rings. The fraction of sp³-hybridized carbons (Fsp3) is 0.941. The zero-order valence-electron chi connectivity index (χ0n) is 14.0. The molecule has 4 rings (SSSR count). The van der Waals surface area contributed by atoms with Gasteiger partial charge in [0.25, 0.3) is 0 Å². The van der Waals surface area contributed by atoms with Crippen LogP contribution in [0.25, 0.3) is 0 Å². The molecule has 23 heavy (non-hydrogen) atoms. The Labute approximate surface area is 152 Å². The minimum atomic E-state index is 0. The van der Waals surface area contributed by atoms with Gasteiger partial charge in [0.2, 0.25) is 5.91 Å². The van der Waals surface area contributed by atoms with E-state index in [1.165, 1.54) is 38.5 Å². The molecule has 2 saturated heterocycles. The Morgan fingerprint density at radius 2 is 1.83 bits per heavy atom. The normalized spacial score (nSPS) is 40.0. The molecule has 0 bridgehead atoms. The number of likely N-dealkylation sites (tertiary alicyclic amines) is 1. The molecular formula is C17H31Cl2N3O. The monoisotopic (exact) mass is 363 g/mol. The van der Waals surface area contributed by atoms with Crippen LogP contribution in [0.5, 0.6) is 0 Å². The van der Waals surface area contributed by atoms with E-state index in [-0.39, 0.29) is 36.8 Å². The van der Waals surface area contributed by atoms with Crippen molar-refractivity contribution in [3.05, 3.63) is 0 Å². The number of hydrogen-bond acceptors (Lipinski definition) is 3. The van der Waals surface area contributed by atoms with Gasteiger partial charge in [0.15, 0.2) is 0 Å². The van der Waals surface area contributed by atoms with Crippen molar-refractivity contribution in [2.24, 2.45) is 5.92 Å². The van der Waals surface area contributed by atoms with E-state index < -0.39 is 0 Å². The second kappa shape index (κ2) is 7.90. The Balaban J connectivity index is 0.000000960. The lowest BCUT2D eigenvalue weighted by Gasteiger charge is -2.24. The number of hydrogen-bond donors (Lipinski definition) is 2. The molecule has 2 heterocycles. The molecule has 1 amide bonds. The number of nitrogens with one attached hydrogen (secondary N) is 2. The topological polar surface area (TPSA) is 44.4 Å². The summed E-state index contributed by atoms with van der Waals surface area (Å²) in [4.78, 5) is 15.2. The summed E-state index contributed by atoms with van der Waals surface area (Å²) >= 11 is 0. The van der Waals surface area contributed by atoms with Gasteiger partial charge in [0.1, 0.15) is 0 Å². The molecule has 4 aliphatic rings. The van der Waals surface area contributed by atoms with Crippen LogP contribution in [-0.4, -0.2) is 47.6 Å². The van der Waals surface area contributed by atoms with Crippen molar-refractivity contribution in [2.75, 3.05) is 6.54 Å². The first-order chi connectivity index (χ1) is 10.2.